The second-order valence-corrected chi connectivity index (χ2v) is 9.22. The molecule has 3 rings (SSSR count). The summed E-state index contributed by atoms with van der Waals surface area (Å²) in [4.78, 5) is 1.44. The molecular formula is C18H23NO3S2. The van der Waals surface area contributed by atoms with Gasteiger partial charge >= 0.3 is 0 Å². The van der Waals surface area contributed by atoms with Crippen LogP contribution in [0.5, 0.6) is 0 Å². The number of thiophene rings is 1. The average Bonchev–Trinajstić information content (AvgIpc) is 3.22. The molecule has 0 spiro atoms. The second kappa shape index (κ2) is 7.35. The Morgan fingerprint density at radius 2 is 2.12 bits per heavy atom. The minimum atomic E-state index is -3.56. The van der Waals surface area contributed by atoms with Gasteiger partial charge in [0.05, 0.1) is 11.0 Å². The SMILES string of the molecule is Cc1ccc(C)c(S(=O)(=O)N(Cc2cccs2)C[C@@H]2CCCO2)c1. The van der Waals surface area contributed by atoms with Gasteiger partial charge in [-0.25, -0.2) is 8.42 Å². The van der Waals surface area contributed by atoms with Crippen molar-refractivity contribution < 1.29 is 13.2 Å². The predicted molar refractivity (Wildman–Crippen MR) is 96.8 cm³/mol. The zero-order valence-corrected chi connectivity index (χ0v) is 15.7. The van der Waals surface area contributed by atoms with Crippen LogP contribution < -0.4 is 0 Å². The van der Waals surface area contributed by atoms with E-state index in [0.29, 0.717) is 18.0 Å². The molecule has 4 nitrogen and oxygen atoms in total. The van der Waals surface area contributed by atoms with Crippen molar-refractivity contribution >= 4 is 21.4 Å². The highest BCUT2D eigenvalue weighted by atomic mass is 32.2. The Morgan fingerprint density at radius 1 is 1.29 bits per heavy atom. The van der Waals surface area contributed by atoms with Gasteiger partial charge in [0.15, 0.2) is 0 Å². The monoisotopic (exact) mass is 365 g/mol. The van der Waals surface area contributed by atoms with E-state index in [1.54, 1.807) is 21.7 Å². The molecule has 130 valence electrons. The Balaban J connectivity index is 1.94. The maximum absolute atomic E-state index is 13.3. The van der Waals surface area contributed by atoms with Gasteiger partial charge in [-0.1, -0.05) is 18.2 Å². The number of aryl methyl sites for hydroxylation is 2. The molecule has 0 saturated carbocycles. The highest BCUT2D eigenvalue weighted by molar-refractivity contribution is 7.89. The Labute approximate surface area is 148 Å². The molecule has 24 heavy (non-hydrogen) atoms. The van der Waals surface area contributed by atoms with Crippen LogP contribution in [-0.4, -0.2) is 32.0 Å². The fraction of sp³-hybridized carbons (Fsp3) is 0.444. The topological polar surface area (TPSA) is 46.6 Å². The smallest absolute Gasteiger partial charge is 0.243 e. The molecule has 0 unspecified atom stereocenters. The van der Waals surface area contributed by atoms with Crippen molar-refractivity contribution in [3.05, 3.63) is 51.7 Å². The van der Waals surface area contributed by atoms with E-state index < -0.39 is 10.0 Å². The Bertz CT molecular complexity index is 779. The van der Waals surface area contributed by atoms with E-state index in [1.165, 1.54) is 0 Å². The van der Waals surface area contributed by atoms with Gasteiger partial charge in [0.2, 0.25) is 10.0 Å². The Morgan fingerprint density at radius 3 is 2.79 bits per heavy atom. The van der Waals surface area contributed by atoms with Crippen LogP contribution in [0.3, 0.4) is 0 Å². The highest BCUT2D eigenvalue weighted by Gasteiger charge is 2.30. The van der Waals surface area contributed by atoms with Crippen molar-refractivity contribution in [2.45, 2.75) is 44.2 Å². The largest absolute Gasteiger partial charge is 0.377 e. The normalized spacial score (nSPS) is 18.4. The van der Waals surface area contributed by atoms with Crippen molar-refractivity contribution in [3.8, 4) is 0 Å². The quantitative estimate of drug-likeness (QED) is 0.783. The van der Waals surface area contributed by atoms with E-state index in [9.17, 15) is 8.42 Å². The van der Waals surface area contributed by atoms with Gasteiger partial charge in [-0.3, -0.25) is 0 Å². The molecule has 0 radical (unpaired) electrons. The number of benzene rings is 1. The first kappa shape index (κ1) is 17.6. The van der Waals surface area contributed by atoms with Crippen LogP contribution in [0, 0.1) is 13.8 Å². The number of sulfonamides is 1. The average molecular weight is 366 g/mol. The van der Waals surface area contributed by atoms with E-state index >= 15 is 0 Å². The van der Waals surface area contributed by atoms with Crippen molar-refractivity contribution in [1.29, 1.82) is 0 Å². The van der Waals surface area contributed by atoms with Crippen LogP contribution in [0.15, 0.2) is 40.6 Å². The van der Waals surface area contributed by atoms with Crippen LogP contribution in [0.2, 0.25) is 0 Å². The van der Waals surface area contributed by atoms with Gasteiger partial charge < -0.3 is 4.74 Å². The number of hydrogen-bond donors (Lipinski definition) is 0. The molecule has 0 aliphatic carbocycles. The van der Waals surface area contributed by atoms with Gasteiger partial charge in [-0.05, 0) is 55.3 Å². The zero-order chi connectivity index (χ0) is 17.2. The third-order valence-corrected chi connectivity index (χ3v) is 7.12. The third-order valence-electron chi connectivity index (χ3n) is 4.31. The van der Waals surface area contributed by atoms with Crippen LogP contribution >= 0.6 is 11.3 Å². The van der Waals surface area contributed by atoms with Gasteiger partial charge in [-0.15, -0.1) is 11.3 Å². The van der Waals surface area contributed by atoms with Crippen molar-refractivity contribution in [3.63, 3.8) is 0 Å². The van der Waals surface area contributed by atoms with E-state index in [0.717, 1.165) is 35.5 Å². The van der Waals surface area contributed by atoms with Gasteiger partial charge in [0.1, 0.15) is 0 Å². The van der Waals surface area contributed by atoms with Crippen molar-refractivity contribution in [2.75, 3.05) is 13.2 Å². The lowest BCUT2D eigenvalue weighted by Crippen LogP contribution is -2.37. The molecule has 1 fully saturated rings. The zero-order valence-electron chi connectivity index (χ0n) is 14.1. The summed E-state index contributed by atoms with van der Waals surface area (Å²) in [5.41, 5.74) is 1.73. The molecule has 1 aromatic heterocycles. The Hall–Kier alpha value is -1.21. The Kier molecular flexibility index (Phi) is 5.39. The third kappa shape index (κ3) is 3.88. The minimum absolute atomic E-state index is 0.00940. The molecule has 0 amide bonds. The van der Waals surface area contributed by atoms with E-state index in [-0.39, 0.29) is 6.10 Å². The number of hydrogen-bond acceptors (Lipinski definition) is 4. The second-order valence-electron chi connectivity index (χ2n) is 6.28. The van der Waals surface area contributed by atoms with E-state index in [1.807, 2.05) is 43.5 Å². The van der Waals surface area contributed by atoms with Crippen LogP contribution in [0.25, 0.3) is 0 Å². The summed E-state index contributed by atoms with van der Waals surface area (Å²) in [6.07, 6.45) is 1.91. The first-order valence-corrected chi connectivity index (χ1v) is 10.5. The molecule has 1 aliphatic heterocycles. The van der Waals surface area contributed by atoms with Crippen LogP contribution in [-0.2, 0) is 21.3 Å². The summed E-state index contributed by atoms with van der Waals surface area (Å²) in [5.74, 6) is 0. The first-order chi connectivity index (χ1) is 11.5. The highest BCUT2D eigenvalue weighted by Crippen LogP contribution is 2.26. The van der Waals surface area contributed by atoms with E-state index in [2.05, 4.69) is 0 Å². The lowest BCUT2D eigenvalue weighted by molar-refractivity contribution is 0.0927. The fourth-order valence-electron chi connectivity index (χ4n) is 2.96. The minimum Gasteiger partial charge on any atom is -0.377 e. The summed E-state index contributed by atoms with van der Waals surface area (Å²) in [6, 6.07) is 9.51. The number of nitrogens with zero attached hydrogens (tertiary/aromatic N) is 1. The number of rotatable bonds is 6. The summed E-state index contributed by atoms with van der Waals surface area (Å²) < 4.78 is 33.9. The molecule has 2 aromatic rings. The molecular weight excluding hydrogens is 342 g/mol. The summed E-state index contributed by atoms with van der Waals surface area (Å²) in [6.45, 7) is 5.30. The lowest BCUT2D eigenvalue weighted by Gasteiger charge is -2.25. The molecule has 2 heterocycles. The molecule has 1 aromatic carbocycles. The molecule has 0 N–H and O–H groups in total. The maximum atomic E-state index is 13.3. The predicted octanol–water partition coefficient (Wildman–Crippen LogP) is 3.73. The lowest BCUT2D eigenvalue weighted by atomic mass is 10.2. The molecule has 1 atom stereocenters. The summed E-state index contributed by atoms with van der Waals surface area (Å²) in [5, 5.41) is 1.98. The first-order valence-electron chi connectivity index (χ1n) is 8.18. The molecule has 1 saturated heterocycles. The van der Waals surface area contributed by atoms with Gasteiger partial charge in [0.25, 0.3) is 0 Å². The molecule has 6 heteroatoms. The fourth-order valence-corrected chi connectivity index (χ4v) is 5.52. The summed E-state index contributed by atoms with van der Waals surface area (Å²) >= 11 is 1.58. The molecule has 0 bridgehead atoms. The maximum Gasteiger partial charge on any atom is 0.243 e. The molecule has 1 aliphatic rings. The standard InChI is InChI=1S/C18H23NO3S2/c1-14-7-8-15(2)18(11-14)24(20,21)19(12-16-5-3-9-22-16)13-17-6-4-10-23-17/h4,6-8,10-11,16H,3,5,9,12-13H2,1-2H3/t16-/m0/s1. The van der Waals surface area contributed by atoms with Crippen molar-refractivity contribution in [2.24, 2.45) is 0 Å². The van der Waals surface area contributed by atoms with E-state index in [4.69, 9.17) is 4.74 Å². The number of ether oxygens (including phenoxy) is 1. The summed E-state index contributed by atoms with van der Waals surface area (Å²) in [7, 11) is -3.56. The van der Waals surface area contributed by atoms with Crippen molar-refractivity contribution in [1.82, 2.24) is 4.31 Å². The van der Waals surface area contributed by atoms with Crippen LogP contribution in [0.4, 0.5) is 0 Å². The van der Waals surface area contributed by atoms with Crippen LogP contribution in [0.1, 0.15) is 28.8 Å². The van der Waals surface area contributed by atoms with Gasteiger partial charge in [-0.2, -0.15) is 4.31 Å². The van der Waals surface area contributed by atoms with Gasteiger partial charge in [0, 0.05) is 24.6 Å².